The van der Waals surface area contributed by atoms with Crippen molar-refractivity contribution in [2.45, 2.75) is 66.6 Å². The Balaban J connectivity index is 1.58. The van der Waals surface area contributed by atoms with E-state index in [-0.39, 0.29) is 6.10 Å². The van der Waals surface area contributed by atoms with E-state index in [0.717, 1.165) is 47.7 Å². The van der Waals surface area contributed by atoms with Crippen molar-refractivity contribution in [1.82, 2.24) is 4.98 Å². The van der Waals surface area contributed by atoms with Crippen molar-refractivity contribution in [1.29, 1.82) is 0 Å². The van der Waals surface area contributed by atoms with Crippen LogP contribution in [-0.4, -0.2) is 11.1 Å². The lowest BCUT2D eigenvalue weighted by molar-refractivity contribution is 0.229. The Morgan fingerprint density at radius 2 is 1.42 bits per heavy atom. The molecule has 186 valence electrons. The lowest BCUT2D eigenvalue weighted by atomic mass is 9.94. The zero-order valence-electron chi connectivity index (χ0n) is 22.2. The van der Waals surface area contributed by atoms with Crippen LogP contribution in [0.15, 0.2) is 78.9 Å². The maximum atomic E-state index is 6.29. The molecule has 1 heterocycles. The van der Waals surface area contributed by atoms with Gasteiger partial charge in [0.1, 0.15) is 18.1 Å². The van der Waals surface area contributed by atoms with Gasteiger partial charge in [0, 0.05) is 17.3 Å². The van der Waals surface area contributed by atoms with Crippen molar-refractivity contribution >= 4 is 0 Å². The van der Waals surface area contributed by atoms with Crippen LogP contribution >= 0.6 is 0 Å². The molecule has 1 aromatic heterocycles. The molecule has 0 aliphatic heterocycles. The van der Waals surface area contributed by atoms with Crippen LogP contribution in [0.1, 0.15) is 61.2 Å². The third-order valence-corrected chi connectivity index (χ3v) is 6.47. The Morgan fingerprint density at radius 3 is 2.03 bits per heavy atom. The first-order chi connectivity index (χ1) is 17.5. The molecule has 0 spiro atoms. The number of ether oxygens (including phenoxy) is 2. The fourth-order valence-corrected chi connectivity index (χ4v) is 4.59. The van der Waals surface area contributed by atoms with E-state index in [1.807, 2.05) is 18.2 Å². The van der Waals surface area contributed by atoms with Crippen LogP contribution in [0.5, 0.6) is 11.5 Å². The molecule has 0 atom stereocenters. The predicted octanol–water partition coefficient (Wildman–Crippen LogP) is 8.14. The third kappa shape index (κ3) is 6.15. The topological polar surface area (TPSA) is 31.4 Å². The van der Waals surface area contributed by atoms with Crippen LogP contribution < -0.4 is 9.47 Å². The molecule has 0 unspecified atom stereocenters. The highest BCUT2D eigenvalue weighted by Gasteiger charge is 2.17. The van der Waals surface area contributed by atoms with E-state index in [1.165, 1.54) is 27.8 Å². The Hall–Kier alpha value is -3.59. The molecule has 0 amide bonds. The van der Waals surface area contributed by atoms with E-state index in [9.17, 15) is 0 Å². The first-order valence-electron chi connectivity index (χ1n) is 13.0. The monoisotopic (exact) mass is 479 g/mol. The van der Waals surface area contributed by atoms with E-state index in [2.05, 4.69) is 95.3 Å². The molecule has 0 saturated carbocycles. The average molecular weight is 480 g/mol. The number of nitrogens with zero attached hydrogens (tertiary/aromatic N) is 1. The van der Waals surface area contributed by atoms with Crippen molar-refractivity contribution in [3.63, 3.8) is 0 Å². The van der Waals surface area contributed by atoms with Crippen LogP contribution in [0, 0.1) is 6.92 Å². The second-order valence-electron chi connectivity index (χ2n) is 9.49. The van der Waals surface area contributed by atoms with Crippen molar-refractivity contribution in [3.05, 3.63) is 112 Å². The Labute approximate surface area is 216 Å². The summed E-state index contributed by atoms with van der Waals surface area (Å²) in [6, 6.07) is 27.5. The Bertz CT molecular complexity index is 1260. The van der Waals surface area contributed by atoms with Crippen molar-refractivity contribution < 1.29 is 9.47 Å². The van der Waals surface area contributed by atoms with Gasteiger partial charge in [0.25, 0.3) is 0 Å². The molecule has 3 nitrogen and oxygen atoms in total. The Kier molecular flexibility index (Phi) is 8.43. The molecule has 0 N–H and O–H groups in total. The summed E-state index contributed by atoms with van der Waals surface area (Å²) in [4.78, 5) is 5.04. The number of rotatable bonds is 10. The highest BCUT2D eigenvalue weighted by atomic mass is 16.5. The number of benzene rings is 3. The van der Waals surface area contributed by atoms with Gasteiger partial charge in [-0.3, -0.25) is 4.98 Å². The van der Waals surface area contributed by atoms with Gasteiger partial charge in [0.15, 0.2) is 0 Å². The molecule has 0 saturated heterocycles. The molecule has 0 bridgehead atoms. The van der Waals surface area contributed by atoms with Gasteiger partial charge in [0.2, 0.25) is 0 Å². The van der Waals surface area contributed by atoms with Gasteiger partial charge in [-0.2, -0.15) is 0 Å². The van der Waals surface area contributed by atoms with Crippen molar-refractivity contribution in [3.8, 4) is 22.8 Å². The van der Waals surface area contributed by atoms with E-state index in [4.69, 9.17) is 14.5 Å². The highest BCUT2D eigenvalue weighted by molar-refractivity contribution is 5.70. The van der Waals surface area contributed by atoms with Gasteiger partial charge in [0.05, 0.1) is 17.4 Å². The maximum Gasteiger partial charge on any atom is 0.130 e. The summed E-state index contributed by atoms with van der Waals surface area (Å²) in [5, 5.41) is 0. The second-order valence-corrected chi connectivity index (χ2v) is 9.49. The summed E-state index contributed by atoms with van der Waals surface area (Å²) in [5.41, 5.74) is 9.35. The first-order valence-corrected chi connectivity index (χ1v) is 13.0. The van der Waals surface area contributed by atoms with E-state index < -0.39 is 0 Å². The largest absolute Gasteiger partial charge is 0.490 e. The fourth-order valence-electron chi connectivity index (χ4n) is 4.59. The zero-order valence-corrected chi connectivity index (χ0v) is 22.2. The summed E-state index contributed by atoms with van der Waals surface area (Å²) < 4.78 is 12.5. The smallest absolute Gasteiger partial charge is 0.130 e. The molecule has 0 fully saturated rings. The van der Waals surface area contributed by atoms with Gasteiger partial charge in [-0.1, -0.05) is 74.5 Å². The molecule has 0 aliphatic rings. The summed E-state index contributed by atoms with van der Waals surface area (Å²) in [7, 11) is 0. The average Bonchev–Trinajstić information content (AvgIpc) is 2.88. The van der Waals surface area contributed by atoms with Crippen molar-refractivity contribution in [2.75, 3.05) is 0 Å². The van der Waals surface area contributed by atoms with Gasteiger partial charge < -0.3 is 9.47 Å². The van der Waals surface area contributed by atoms with E-state index >= 15 is 0 Å². The number of pyridine rings is 1. The highest BCUT2D eigenvalue weighted by Crippen LogP contribution is 2.34. The molecule has 36 heavy (non-hydrogen) atoms. The summed E-state index contributed by atoms with van der Waals surface area (Å²) >= 11 is 0. The van der Waals surface area contributed by atoms with Crippen LogP contribution in [0.4, 0.5) is 0 Å². The van der Waals surface area contributed by atoms with Crippen LogP contribution in [0.2, 0.25) is 0 Å². The van der Waals surface area contributed by atoms with Gasteiger partial charge >= 0.3 is 0 Å². The minimum Gasteiger partial charge on any atom is -0.490 e. The van der Waals surface area contributed by atoms with Gasteiger partial charge in [-0.05, 0) is 74.4 Å². The number of aryl methyl sites for hydroxylation is 3. The number of hydrogen-bond donors (Lipinski definition) is 0. The summed E-state index contributed by atoms with van der Waals surface area (Å²) in [5.74, 6) is 1.69. The maximum absolute atomic E-state index is 6.29. The molecule has 0 aliphatic carbocycles. The molecule has 4 rings (SSSR count). The van der Waals surface area contributed by atoms with E-state index in [1.54, 1.807) is 0 Å². The zero-order chi connectivity index (χ0) is 25.5. The lowest BCUT2D eigenvalue weighted by Gasteiger charge is -2.20. The van der Waals surface area contributed by atoms with Crippen LogP contribution in [0.25, 0.3) is 11.3 Å². The minimum atomic E-state index is 0.0581. The van der Waals surface area contributed by atoms with Crippen molar-refractivity contribution in [2.24, 2.45) is 0 Å². The quantitative estimate of drug-likeness (QED) is 0.230. The summed E-state index contributed by atoms with van der Waals surface area (Å²) in [6.45, 7) is 11.0. The molecule has 3 heteroatoms. The number of hydrogen-bond acceptors (Lipinski definition) is 3. The third-order valence-electron chi connectivity index (χ3n) is 6.47. The lowest BCUT2D eigenvalue weighted by Crippen LogP contribution is -2.11. The van der Waals surface area contributed by atoms with Crippen LogP contribution in [-0.2, 0) is 25.9 Å². The minimum absolute atomic E-state index is 0.0581. The summed E-state index contributed by atoms with van der Waals surface area (Å²) in [6.07, 6.45) is 2.91. The second kappa shape index (κ2) is 11.9. The van der Waals surface area contributed by atoms with Gasteiger partial charge in [-0.15, -0.1) is 0 Å². The standard InChI is InChI=1S/C33H37NO2/c1-6-27-14-11-15-28(7-2)33(27)31-21-32(36-23(3)4)30(24(5)34-31)22-35-29-18-16-26(17-19-29)20-25-12-9-8-10-13-25/h8-19,21,23H,6-7,20,22H2,1-5H3. The SMILES string of the molecule is CCc1cccc(CC)c1-c1cc(OC(C)C)c(COc2ccc(Cc3ccccc3)cc2)c(C)n1. The normalized spacial score (nSPS) is 11.1. The molecule has 3 aromatic carbocycles. The Morgan fingerprint density at radius 1 is 0.778 bits per heavy atom. The first kappa shape index (κ1) is 25.5. The number of aromatic nitrogens is 1. The molecular formula is C33H37NO2. The van der Waals surface area contributed by atoms with Gasteiger partial charge in [-0.25, -0.2) is 0 Å². The molecule has 0 radical (unpaired) electrons. The fraction of sp³-hybridized carbons (Fsp3) is 0.303. The predicted molar refractivity (Wildman–Crippen MR) is 149 cm³/mol. The van der Waals surface area contributed by atoms with Crippen LogP contribution in [0.3, 0.4) is 0 Å². The molecular weight excluding hydrogens is 442 g/mol. The van der Waals surface area contributed by atoms with E-state index in [0.29, 0.717) is 6.61 Å². The molecule has 4 aromatic rings.